The van der Waals surface area contributed by atoms with Crippen LogP contribution < -0.4 is 10.1 Å². The van der Waals surface area contributed by atoms with Crippen molar-refractivity contribution in [2.75, 3.05) is 13.6 Å². The molecule has 0 heterocycles. The van der Waals surface area contributed by atoms with E-state index in [1.54, 1.807) is 42.3 Å². The summed E-state index contributed by atoms with van der Waals surface area (Å²) in [5.41, 5.74) is 1.28. The van der Waals surface area contributed by atoms with Crippen molar-refractivity contribution in [1.29, 1.82) is 0 Å². The highest BCUT2D eigenvalue weighted by atomic mass is 19.3. The summed E-state index contributed by atoms with van der Waals surface area (Å²) in [4.78, 5) is 13.6. The molecule has 0 radical (unpaired) electrons. The Morgan fingerprint density at radius 3 is 2.48 bits per heavy atom. The average molecular weight is 352 g/mol. The molecular weight excluding hydrogens is 333 g/mol. The monoisotopic (exact) mass is 352 g/mol. The van der Waals surface area contributed by atoms with Crippen molar-refractivity contribution in [2.45, 2.75) is 19.7 Å². The molecule has 25 heavy (non-hydrogen) atoms. The highest BCUT2D eigenvalue weighted by Crippen LogP contribution is 2.14. The number of nitrogens with zero attached hydrogens (tertiary/aromatic N) is 1. The first-order valence-corrected chi connectivity index (χ1v) is 7.66. The number of hydrogen-bond donors (Lipinski definition) is 1. The number of halogens is 3. The standard InChI is InChI=1S/C18H19F3N2O2/c1-23(11-14-4-2-3-5-16(14)19)12-17(24)22-10-13-6-8-15(9-7-13)25-18(20)21/h2-9,18H,10-12H2,1H3,(H,22,24). The summed E-state index contributed by atoms with van der Waals surface area (Å²) in [5.74, 6) is -0.456. The maximum absolute atomic E-state index is 13.6. The first kappa shape index (κ1) is 18.8. The maximum atomic E-state index is 13.6. The van der Waals surface area contributed by atoms with Crippen molar-refractivity contribution in [3.05, 3.63) is 65.5 Å². The Morgan fingerprint density at radius 2 is 1.84 bits per heavy atom. The molecule has 134 valence electrons. The fourth-order valence-electron chi connectivity index (χ4n) is 2.26. The minimum Gasteiger partial charge on any atom is -0.435 e. The molecule has 0 bridgehead atoms. The molecule has 0 unspecified atom stereocenters. The zero-order chi connectivity index (χ0) is 18.2. The van der Waals surface area contributed by atoms with Crippen molar-refractivity contribution in [3.63, 3.8) is 0 Å². The van der Waals surface area contributed by atoms with Gasteiger partial charge in [-0.25, -0.2) is 4.39 Å². The van der Waals surface area contributed by atoms with E-state index in [1.165, 1.54) is 18.2 Å². The number of carbonyl (C=O) groups excluding carboxylic acids is 1. The van der Waals surface area contributed by atoms with E-state index in [0.29, 0.717) is 12.1 Å². The van der Waals surface area contributed by atoms with E-state index in [0.717, 1.165) is 5.56 Å². The molecule has 2 aromatic rings. The molecule has 0 aromatic heterocycles. The Bertz CT molecular complexity index is 693. The van der Waals surface area contributed by atoms with Crippen molar-refractivity contribution < 1.29 is 22.7 Å². The van der Waals surface area contributed by atoms with Gasteiger partial charge in [0.1, 0.15) is 11.6 Å². The Balaban J connectivity index is 1.77. The van der Waals surface area contributed by atoms with Crippen LogP contribution in [0.4, 0.5) is 13.2 Å². The molecule has 0 fully saturated rings. The molecule has 1 N–H and O–H groups in total. The lowest BCUT2D eigenvalue weighted by molar-refractivity contribution is -0.122. The van der Waals surface area contributed by atoms with E-state index in [4.69, 9.17) is 0 Å². The van der Waals surface area contributed by atoms with E-state index in [1.807, 2.05) is 0 Å². The van der Waals surface area contributed by atoms with Crippen LogP contribution >= 0.6 is 0 Å². The first-order chi connectivity index (χ1) is 11.9. The largest absolute Gasteiger partial charge is 0.435 e. The van der Waals surface area contributed by atoms with Crippen LogP contribution in [0.25, 0.3) is 0 Å². The van der Waals surface area contributed by atoms with E-state index in [9.17, 15) is 18.0 Å². The van der Waals surface area contributed by atoms with Gasteiger partial charge in [0.2, 0.25) is 5.91 Å². The average Bonchev–Trinajstić information content (AvgIpc) is 2.56. The summed E-state index contributed by atoms with van der Waals surface area (Å²) < 4.78 is 42.0. The number of likely N-dealkylation sites (N-methyl/N-ethyl adjacent to an activating group) is 1. The van der Waals surface area contributed by atoms with Crippen molar-refractivity contribution >= 4 is 5.91 Å². The predicted molar refractivity (Wildman–Crippen MR) is 87.7 cm³/mol. The molecule has 7 heteroatoms. The number of ether oxygens (including phenoxy) is 1. The van der Waals surface area contributed by atoms with Crippen LogP contribution in [0.3, 0.4) is 0 Å². The van der Waals surface area contributed by atoms with Crippen LogP contribution in [0.5, 0.6) is 5.75 Å². The van der Waals surface area contributed by atoms with Gasteiger partial charge in [0.15, 0.2) is 0 Å². The number of carbonyl (C=O) groups is 1. The summed E-state index contributed by atoms with van der Waals surface area (Å²) in [5, 5.41) is 2.73. The lowest BCUT2D eigenvalue weighted by Gasteiger charge is -2.16. The molecule has 2 rings (SSSR count). The van der Waals surface area contributed by atoms with Crippen molar-refractivity contribution in [1.82, 2.24) is 10.2 Å². The lowest BCUT2D eigenvalue weighted by atomic mass is 10.2. The predicted octanol–water partition coefficient (Wildman–Crippen LogP) is 3.18. The summed E-state index contributed by atoms with van der Waals surface area (Å²) >= 11 is 0. The maximum Gasteiger partial charge on any atom is 0.387 e. The first-order valence-electron chi connectivity index (χ1n) is 7.66. The van der Waals surface area contributed by atoms with Crippen LogP contribution in [0.2, 0.25) is 0 Å². The van der Waals surface area contributed by atoms with E-state index < -0.39 is 6.61 Å². The second kappa shape index (κ2) is 9.08. The SMILES string of the molecule is CN(CC(=O)NCc1ccc(OC(F)F)cc1)Cc1ccccc1F. The van der Waals surface area contributed by atoms with Gasteiger partial charge in [0, 0.05) is 18.7 Å². The van der Waals surface area contributed by atoms with Gasteiger partial charge in [0.25, 0.3) is 0 Å². The molecule has 0 atom stereocenters. The van der Waals surface area contributed by atoms with Gasteiger partial charge in [-0.1, -0.05) is 30.3 Å². The topological polar surface area (TPSA) is 41.6 Å². The minimum absolute atomic E-state index is 0.0645. The quantitative estimate of drug-likeness (QED) is 0.793. The Labute approximate surface area is 144 Å². The summed E-state index contributed by atoms with van der Waals surface area (Å²) in [7, 11) is 1.72. The van der Waals surface area contributed by atoms with Gasteiger partial charge in [-0.05, 0) is 30.8 Å². The zero-order valence-corrected chi connectivity index (χ0v) is 13.7. The Hall–Kier alpha value is -2.54. The lowest BCUT2D eigenvalue weighted by Crippen LogP contribution is -2.34. The normalized spacial score (nSPS) is 11.0. The minimum atomic E-state index is -2.87. The second-order valence-electron chi connectivity index (χ2n) is 5.56. The van der Waals surface area contributed by atoms with Crippen LogP contribution in [-0.4, -0.2) is 31.0 Å². The van der Waals surface area contributed by atoms with Gasteiger partial charge < -0.3 is 10.1 Å². The number of amides is 1. The summed E-state index contributed by atoms with van der Waals surface area (Å²) in [6.07, 6.45) is 0. The van der Waals surface area contributed by atoms with E-state index in [-0.39, 0.29) is 30.6 Å². The zero-order valence-electron chi connectivity index (χ0n) is 13.7. The van der Waals surface area contributed by atoms with Gasteiger partial charge in [0.05, 0.1) is 6.54 Å². The smallest absolute Gasteiger partial charge is 0.387 e. The molecule has 0 saturated carbocycles. The van der Waals surface area contributed by atoms with Crippen molar-refractivity contribution in [2.24, 2.45) is 0 Å². The number of nitrogens with one attached hydrogen (secondary N) is 1. The molecule has 0 aliphatic rings. The molecule has 2 aromatic carbocycles. The molecule has 0 spiro atoms. The summed E-state index contributed by atoms with van der Waals surface area (Å²) in [6.45, 7) is -2.17. The molecular formula is C18H19F3N2O2. The van der Waals surface area contributed by atoms with Gasteiger partial charge in [-0.15, -0.1) is 0 Å². The molecule has 0 aliphatic carbocycles. The highest BCUT2D eigenvalue weighted by molar-refractivity contribution is 5.77. The molecule has 4 nitrogen and oxygen atoms in total. The highest BCUT2D eigenvalue weighted by Gasteiger charge is 2.09. The second-order valence-corrected chi connectivity index (χ2v) is 5.56. The van der Waals surface area contributed by atoms with Crippen LogP contribution in [0.15, 0.2) is 48.5 Å². The van der Waals surface area contributed by atoms with Gasteiger partial charge in [-0.3, -0.25) is 9.69 Å². The van der Waals surface area contributed by atoms with Crippen LogP contribution in [0.1, 0.15) is 11.1 Å². The number of alkyl halides is 2. The molecule has 0 saturated heterocycles. The molecule has 1 amide bonds. The van der Waals surface area contributed by atoms with Crippen LogP contribution in [-0.2, 0) is 17.9 Å². The van der Waals surface area contributed by atoms with E-state index >= 15 is 0 Å². The Morgan fingerprint density at radius 1 is 1.16 bits per heavy atom. The third-order valence-electron chi connectivity index (χ3n) is 3.45. The van der Waals surface area contributed by atoms with Crippen molar-refractivity contribution in [3.8, 4) is 5.75 Å². The van der Waals surface area contributed by atoms with Gasteiger partial charge in [-0.2, -0.15) is 8.78 Å². The number of benzene rings is 2. The van der Waals surface area contributed by atoms with Crippen LogP contribution in [0, 0.1) is 5.82 Å². The molecule has 0 aliphatic heterocycles. The number of hydrogen-bond acceptors (Lipinski definition) is 3. The third kappa shape index (κ3) is 6.46. The third-order valence-corrected chi connectivity index (χ3v) is 3.45. The summed E-state index contributed by atoms with van der Waals surface area (Å²) in [6, 6.07) is 12.4. The number of rotatable bonds is 8. The van der Waals surface area contributed by atoms with Gasteiger partial charge >= 0.3 is 6.61 Å². The Kier molecular flexibility index (Phi) is 6.82. The fourth-order valence-corrected chi connectivity index (χ4v) is 2.26. The fraction of sp³-hybridized carbons (Fsp3) is 0.278. The van der Waals surface area contributed by atoms with E-state index in [2.05, 4.69) is 10.1 Å².